The van der Waals surface area contributed by atoms with Gasteiger partial charge in [0, 0.05) is 31.5 Å². The summed E-state index contributed by atoms with van der Waals surface area (Å²) in [7, 11) is -3.44. The van der Waals surface area contributed by atoms with Crippen LogP contribution in [0.25, 0.3) is 0 Å². The molecule has 0 aromatic carbocycles. The lowest BCUT2D eigenvalue weighted by molar-refractivity contribution is -0.154. The number of hydrogen-bond acceptors (Lipinski definition) is 7. The maximum Gasteiger partial charge on any atom is 0.326 e. The van der Waals surface area contributed by atoms with E-state index in [4.69, 9.17) is 0 Å². The van der Waals surface area contributed by atoms with E-state index in [1.165, 1.54) is 12.4 Å². The van der Waals surface area contributed by atoms with Crippen molar-refractivity contribution in [2.45, 2.75) is 49.7 Å². The Hall–Kier alpha value is -2.36. The number of aliphatic carboxylic acids is 1. The van der Waals surface area contributed by atoms with Crippen molar-refractivity contribution in [3.05, 3.63) is 18.0 Å². The first-order valence-corrected chi connectivity index (χ1v) is 9.68. The number of aryl methyl sites for hydroxylation is 1. The molecule has 1 N–H and O–H groups in total. The Bertz CT molecular complexity index is 759. The number of carboxylic acids is 1. The molecule has 0 spiro atoms. The maximum atomic E-state index is 11.7. The molecule has 136 valence electrons. The van der Waals surface area contributed by atoms with Crippen LogP contribution >= 0.6 is 0 Å². The normalized spacial score (nSPS) is 16.3. The Morgan fingerprint density at radius 3 is 2.24 bits per heavy atom. The van der Waals surface area contributed by atoms with Gasteiger partial charge in [-0.25, -0.2) is 23.2 Å². The van der Waals surface area contributed by atoms with Crippen LogP contribution in [0.4, 0.5) is 0 Å². The van der Waals surface area contributed by atoms with Crippen molar-refractivity contribution in [2.24, 2.45) is 0 Å². The van der Waals surface area contributed by atoms with Gasteiger partial charge in [0.1, 0.15) is 6.04 Å². The van der Waals surface area contributed by atoms with Crippen molar-refractivity contribution in [2.75, 3.05) is 6.26 Å². The smallest absolute Gasteiger partial charge is 0.326 e. The summed E-state index contributed by atoms with van der Waals surface area (Å²) in [5, 5.41) is 9.03. The monoisotopic (exact) mass is 369 g/mol. The molecule has 1 fully saturated rings. The van der Waals surface area contributed by atoms with Gasteiger partial charge < -0.3 is 5.11 Å². The number of carbonyl (C=O) groups is 3. The quantitative estimate of drug-likeness (QED) is 0.390. The molecule has 2 amide bonds. The summed E-state index contributed by atoms with van der Waals surface area (Å²) in [6.07, 6.45) is 5.79. The molecular weight excluding hydrogens is 350 g/mol. The molecule has 1 atom stereocenters. The summed E-state index contributed by atoms with van der Waals surface area (Å²) in [6.45, 7) is 0. The molecule has 0 saturated carbocycles. The summed E-state index contributed by atoms with van der Waals surface area (Å²) in [5.74, 6) is -2.08. The second kappa shape index (κ2) is 7.68. The van der Waals surface area contributed by atoms with Gasteiger partial charge in [0.25, 0.3) is 0 Å². The molecule has 0 bridgehead atoms. The van der Waals surface area contributed by atoms with Crippen molar-refractivity contribution in [1.29, 1.82) is 0 Å². The topological polar surface area (TPSA) is 135 Å². The van der Waals surface area contributed by atoms with Gasteiger partial charge in [-0.3, -0.25) is 14.5 Å². The van der Waals surface area contributed by atoms with E-state index in [0.717, 1.165) is 16.7 Å². The van der Waals surface area contributed by atoms with E-state index in [1.54, 1.807) is 0 Å². The highest BCUT2D eigenvalue weighted by Crippen LogP contribution is 2.20. The van der Waals surface area contributed by atoms with E-state index in [0.29, 0.717) is 19.3 Å². The molecule has 1 aliphatic heterocycles. The summed E-state index contributed by atoms with van der Waals surface area (Å²) < 4.78 is 22.6. The lowest BCUT2D eigenvalue weighted by atomic mass is 10.0. The number of rotatable bonds is 8. The van der Waals surface area contributed by atoms with Crippen molar-refractivity contribution in [1.82, 2.24) is 14.9 Å². The van der Waals surface area contributed by atoms with Crippen LogP contribution in [0, 0.1) is 0 Å². The molecule has 1 saturated heterocycles. The zero-order valence-electron chi connectivity index (χ0n) is 13.7. The Balaban J connectivity index is 1.87. The highest BCUT2D eigenvalue weighted by atomic mass is 32.2. The minimum absolute atomic E-state index is 0.0621. The molecule has 1 aliphatic rings. The average molecular weight is 369 g/mol. The van der Waals surface area contributed by atoms with E-state index in [2.05, 4.69) is 9.97 Å². The number of imide groups is 1. The average Bonchev–Trinajstić information content (AvgIpc) is 2.86. The fraction of sp³-hybridized carbons (Fsp3) is 0.533. The molecule has 1 aromatic heterocycles. The third kappa shape index (κ3) is 4.81. The van der Waals surface area contributed by atoms with Crippen LogP contribution in [-0.4, -0.2) is 58.5 Å². The third-order valence-corrected chi connectivity index (χ3v) is 4.77. The Labute approximate surface area is 145 Å². The third-order valence-electron chi connectivity index (χ3n) is 3.89. The zero-order valence-corrected chi connectivity index (χ0v) is 14.5. The van der Waals surface area contributed by atoms with E-state index < -0.39 is 33.7 Å². The number of likely N-dealkylation sites (tertiary alicyclic amines) is 1. The van der Waals surface area contributed by atoms with Crippen molar-refractivity contribution < 1.29 is 27.9 Å². The first-order chi connectivity index (χ1) is 11.7. The number of nitrogens with zero attached hydrogens (tertiary/aromatic N) is 3. The van der Waals surface area contributed by atoms with Crippen molar-refractivity contribution in [3.63, 3.8) is 0 Å². The summed E-state index contributed by atoms with van der Waals surface area (Å²) in [5.41, 5.74) is 0.729. The largest absolute Gasteiger partial charge is 0.480 e. The van der Waals surface area contributed by atoms with E-state index in [-0.39, 0.29) is 24.4 Å². The first kappa shape index (κ1) is 19.0. The van der Waals surface area contributed by atoms with Gasteiger partial charge in [0.05, 0.1) is 0 Å². The van der Waals surface area contributed by atoms with E-state index in [1.807, 2.05) is 0 Å². The number of aromatic nitrogens is 2. The van der Waals surface area contributed by atoms with Crippen LogP contribution in [0.2, 0.25) is 0 Å². The summed E-state index contributed by atoms with van der Waals surface area (Å²) in [6, 6.07) is -1.13. The van der Waals surface area contributed by atoms with E-state index in [9.17, 15) is 27.9 Å². The number of hydrogen-bond donors (Lipinski definition) is 1. The fourth-order valence-electron chi connectivity index (χ4n) is 2.63. The van der Waals surface area contributed by atoms with Crippen molar-refractivity contribution >= 4 is 27.6 Å². The van der Waals surface area contributed by atoms with Gasteiger partial charge >= 0.3 is 5.97 Å². The van der Waals surface area contributed by atoms with Gasteiger partial charge in [-0.2, -0.15) is 0 Å². The molecule has 1 unspecified atom stereocenters. The molecule has 2 rings (SSSR count). The van der Waals surface area contributed by atoms with Gasteiger partial charge in [0.15, 0.2) is 0 Å². The SMILES string of the molecule is CS(=O)(=O)c1ncc(CCCCC(C(=O)O)N2C(=O)CCC2=O)cn1. The first-order valence-electron chi connectivity index (χ1n) is 7.79. The van der Waals surface area contributed by atoms with E-state index >= 15 is 0 Å². The zero-order chi connectivity index (χ0) is 18.6. The standard InChI is InChI=1S/C15H19N3O6S/c1-25(23,24)15-16-8-10(9-17-15)4-2-3-5-11(14(21)22)18-12(19)6-7-13(18)20/h8-9,11H,2-7H2,1H3,(H,21,22). The number of carbonyl (C=O) groups excluding carboxylic acids is 2. The second-order valence-electron chi connectivity index (χ2n) is 5.90. The van der Waals surface area contributed by atoms with Crippen LogP contribution in [0.3, 0.4) is 0 Å². The van der Waals surface area contributed by atoms with Gasteiger partial charge in [-0.05, 0) is 24.8 Å². The predicted octanol–water partition coefficient (Wildman–Crippen LogP) is 0.195. The van der Waals surface area contributed by atoms with Crippen LogP contribution in [-0.2, 0) is 30.6 Å². The molecule has 0 aliphatic carbocycles. The van der Waals surface area contributed by atoms with Gasteiger partial charge in [0.2, 0.25) is 26.8 Å². The number of sulfone groups is 1. The highest BCUT2D eigenvalue weighted by Gasteiger charge is 2.38. The Morgan fingerprint density at radius 2 is 1.76 bits per heavy atom. The molecule has 25 heavy (non-hydrogen) atoms. The highest BCUT2D eigenvalue weighted by molar-refractivity contribution is 7.90. The van der Waals surface area contributed by atoms with Crippen molar-refractivity contribution in [3.8, 4) is 0 Å². The van der Waals surface area contributed by atoms with Crippen LogP contribution in [0.15, 0.2) is 17.6 Å². The fourth-order valence-corrected chi connectivity index (χ4v) is 3.12. The number of carboxylic acid groups (broad SMARTS) is 1. The molecule has 10 heteroatoms. The van der Waals surface area contributed by atoms with Crippen LogP contribution in [0.5, 0.6) is 0 Å². The van der Waals surface area contributed by atoms with Crippen LogP contribution < -0.4 is 0 Å². The number of unbranched alkanes of at least 4 members (excludes halogenated alkanes) is 1. The molecule has 0 radical (unpaired) electrons. The van der Waals surface area contributed by atoms with Crippen LogP contribution in [0.1, 0.15) is 37.7 Å². The summed E-state index contributed by atoms with van der Waals surface area (Å²) in [4.78, 5) is 43.1. The molecule has 9 nitrogen and oxygen atoms in total. The predicted molar refractivity (Wildman–Crippen MR) is 85.2 cm³/mol. The maximum absolute atomic E-state index is 11.7. The lowest BCUT2D eigenvalue weighted by Crippen LogP contribution is -2.44. The van der Waals surface area contributed by atoms with Gasteiger partial charge in [-0.15, -0.1) is 0 Å². The Morgan fingerprint density at radius 1 is 1.20 bits per heavy atom. The van der Waals surface area contributed by atoms with Gasteiger partial charge in [-0.1, -0.05) is 6.42 Å². The minimum atomic E-state index is -3.44. The number of amides is 2. The minimum Gasteiger partial charge on any atom is -0.480 e. The second-order valence-corrected chi connectivity index (χ2v) is 7.81. The summed E-state index contributed by atoms with van der Waals surface area (Å²) >= 11 is 0. The molecular formula is C15H19N3O6S. The molecule has 2 heterocycles. The lowest BCUT2D eigenvalue weighted by Gasteiger charge is -2.22. The molecule has 1 aromatic rings. The Kier molecular flexibility index (Phi) is 5.83.